The van der Waals surface area contributed by atoms with Crippen LogP contribution in [0.25, 0.3) is 0 Å². The second kappa shape index (κ2) is 5.35. The van der Waals surface area contributed by atoms with Gasteiger partial charge in [-0.3, -0.25) is 0 Å². The van der Waals surface area contributed by atoms with Gasteiger partial charge in [0.25, 0.3) is 0 Å². The molecule has 1 aromatic heterocycles. The van der Waals surface area contributed by atoms with Crippen molar-refractivity contribution >= 4 is 11.8 Å². The number of ether oxygens (including phenoxy) is 1. The molecular weight excluding hydrogens is 228 g/mol. The van der Waals surface area contributed by atoms with Gasteiger partial charge in [0.1, 0.15) is 11.6 Å². The number of rotatable bonds is 4. The molecule has 2 rings (SSSR count). The van der Waals surface area contributed by atoms with Crippen molar-refractivity contribution in [2.75, 3.05) is 24.8 Å². The van der Waals surface area contributed by atoms with Gasteiger partial charge in [0, 0.05) is 25.4 Å². The first kappa shape index (κ1) is 12.2. The van der Waals surface area contributed by atoms with Crippen LogP contribution in [0, 0.1) is 0 Å². The smallest absolute Gasteiger partial charge is 0.221 e. The van der Waals surface area contributed by atoms with Gasteiger partial charge >= 0.3 is 0 Å². The lowest BCUT2D eigenvalue weighted by atomic mass is 10.2. The van der Waals surface area contributed by atoms with Crippen molar-refractivity contribution in [1.29, 1.82) is 0 Å². The van der Waals surface area contributed by atoms with Crippen LogP contribution in [0.15, 0.2) is 36.5 Å². The minimum atomic E-state index is 0.277. The number of methoxy groups -OCH3 is 1. The van der Waals surface area contributed by atoms with Gasteiger partial charge in [-0.1, -0.05) is 18.2 Å². The zero-order valence-electron chi connectivity index (χ0n) is 10.5. The van der Waals surface area contributed by atoms with Gasteiger partial charge in [0.05, 0.1) is 7.11 Å². The van der Waals surface area contributed by atoms with E-state index in [1.165, 1.54) is 0 Å². The topological polar surface area (TPSA) is 64.3 Å². The summed E-state index contributed by atoms with van der Waals surface area (Å²) in [7, 11) is 3.62. The van der Waals surface area contributed by atoms with Gasteiger partial charge in [0.15, 0.2) is 0 Å². The van der Waals surface area contributed by atoms with E-state index in [0.717, 1.165) is 17.1 Å². The zero-order chi connectivity index (χ0) is 13.0. The summed E-state index contributed by atoms with van der Waals surface area (Å²) in [5, 5.41) is 0. The largest absolute Gasteiger partial charge is 0.496 e. The fourth-order valence-electron chi connectivity index (χ4n) is 1.75. The number of hydrogen-bond acceptors (Lipinski definition) is 5. The molecule has 5 heteroatoms. The molecule has 2 N–H and O–H groups in total. The molecule has 1 aromatic carbocycles. The molecule has 0 bridgehead atoms. The molecule has 0 radical (unpaired) electrons. The van der Waals surface area contributed by atoms with E-state index in [9.17, 15) is 0 Å². The van der Waals surface area contributed by atoms with Crippen LogP contribution in [0.2, 0.25) is 0 Å². The maximum atomic E-state index is 5.57. The number of nitrogens with zero attached hydrogens (tertiary/aromatic N) is 3. The van der Waals surface area contributed by atoms with E-state index >= 15 is 0 Å². The molecule has 2 aromatic rings. The molecule has 0 saturated carbocycles. The molecule has 94 valence electrons. The van der Waals surface area contributed by atoms with E-state index in [1.54, 1.807) is 13.3 Å². The van der Waals surface area contributed by atoms with Crippen LogP contribution in [0.4, 0.5) is 11.8 Å². The maximum Gasteiger partial charge on any atom is 0.221 e. The first-order valence-electron chi connectivity index (χ1n) is 5.62. The van der Waals surface area contributed by atoms with Crippen LogP contribution in [-0.2, 0) is 6.54 Å². The van der Waals surface area contributed by atoms with Crippen molar-refractivity contribution in [2.24, 2.45) is 0 Å². The average molecular weight is 244 g/mol. The highest BCUT2D eigenvalue weighted by Gasteiger charge is 2.07. The van der Waals surface area contributed by atoms with Crippen molar-refractivity contribution in [3.05, 3.63) is 42.1 Å². The average Bonchev–Trinajstić information content (AvgIpc) is 2.39. The number of nitrogens with two attached hydrogens (primary N) is 1. The Morgan fingerprint density at radius 3 is 2.78 bits per heavy atom. The Balaban J connectivity index is 2.18. The van der Waals surface area contributed by atoms with Crippen LogP contribution in [0.1, 0.15) is 5.56 Å². The van der Waals surface area contributed by atoms with Gasteiger partial charge in [0.2, 0.25) is 5.95 Å². The summed E-state index contributed by atoms with van der Waals surface area (Å²) in [6.45, 7) is 0.695. The lowest BCUT2D eigenvalue weighted by molar-refractivity contribution is 0.409. The highest BCUT2D eigenvalue weighted by Crippen LogP contribution is 2.20. The summed E-state index contributed by atoms with van der Waals surface area (Å²) in [4.78, 5) is 10.1. The minimum absolute atomic E-state index is 0.277. The molecule has 0 aliphatic carbocycles. The molecule has 0 atom stereocenters. The van der Waals surface area contributed by atoms with Crippen molar-refractivity contribution in [3.8, 4) is 5.75 Å². The fraction of sp³-hybridized carbons (Fsp3) is 0.231. The summed E-state index contributed by atoms with van der Waals surface area (Å²) in [5.41, 5.74) is 6.67. The molecule has 0 unspecified atom stereocenters. The number of para-hydroxylation sites is 1. The Hall–Kier alpha value is -2.30. The van der Waals surface area contributed by atoms with E-state index in [4.69, 9.17) is 10.5 Å². The normalized spacial score (nSPS) is 10.1. The Kier molecular flexibility index (Phi) is 3.62. The van der Waals surface area contributed by atoms with Crippen molar-refractivity contribution < 1.29 is 4.74 Å². The van der Waals surface area contributed by atoms with E-state index in [0.29, 0.717) is 6.54 Å². The third-order valence-electron chi connectivity index (χ3n) is 2.65. The predicted octanol–water partition coefficient (Wildman–Crippen LogP) is 1.70. The van der Waals surface area contributed by atoms with Gasteiger partial charge in [-0.25, -0.2) is 4.98 Å². The van der Waals surface area contributed by atoms with E-state index in [1.807, 2.05) is 42.3 Å². The molecule has 5 nitrogen and oxygen atoms in total. The minimum Gasteiger partial charge on any atom is -0.496 e. The van der Waals surface area contributed by atoms with Crippen LogP contribution in [0.5, 0.6) is 5.75 Å². The SMILES string of the molecule is COc1ccccc1CN(C)c1ccnc(N)n1. The molecule has 0 amide bonds. The molecule has 0 aliphatic heterocycles. The second-order valence-corrected chi connectivity index (χ2v) is 3.94. The standard InChI is InChI=1S/C13H16N4O/c1-17(12-7-8-15-13(14)16-12)9-10-5-3-4-6-11(10)18-2/h3-8H,9H2,1-2H3,(H2,14,15,16). The number of aromatic nitrogens is 2. The maximum absolute atomic E-state index is 5.57. The number of anilines is 2. The second-order valence-electron chi connectivity index (χ2n) is 3.94. The first-order valence-corrected chi connectivity index (χ1v) is 5.62. The van der Waals surface area contributed by atoms with E-state index in [-0.39, 0.29) is 5.95 Å². The monoisotopic (exact) mass is 244 g/mol. The van der Waals surface area contributed by atoms with Crippen molar-refractivity contribution in [1.82, 2.24) is 9.97 Å². The Morgan fingerprint density at radius 1 is 1.28 bits per heavy atom. The summed E-state index contributed by atoms with van der Waals surface area (Å²) in [5.74, 6) is 1.93. The number of benzene rings is 1. The highest BCUT2D eigenvalue weighted by molar-refractivity contribution is 5.43. The number of nitrogen functional groups attached to an aromatic ring is 1. The molecular formula is C13H16N4O. The van der Waals surface area contributed by atoms with Crippen LogP contribution in [-0.4, -0.2) is 24.1 Å². The Morgan fingerprint density at radius 2 is 2.06 bits per heavy atom. The first-order chi connectivity index (χ1) is 8.70. The third-order valence-corrected chi connectivity index (χ3v) is 2.65. The van der Waals surface area contributed by atoms with Gasteiger partial charge in [-0.05, 0) is 12.1 Å². The molecule has 1 heterocycles. The quantitative estimate of drug-likeness (QED) is 0.886. The van der Waals surface area contributed by atoms with Gasteiger partial charge < -0.3 is 15.4 Å². The van der Waals surface area contributed by atoms with Crippen LogP contribution in [0.3, 0.4) is 0 Å². The zero-order valence-corrected chi connectivity index (χ0v) is 10.5. The molecule has 0 spiro atoms. The lowest BCUT2D eigenvalue weighted by Gasteiger charge is -2.19. The number of hydrogen-bond donors (Lipinski definition) is 1. The lowest BCUT2D eigenvalue weighted by Crippen LogP contribution is -2.18. The molecule has 0 fully saturated rings. The van der Waals surface area contributed by atoms with Crippen LogP contribution < -0.4 is 15.4 Å². The summed E-state index contributed by atoms with van der Waals surface area (Å²) in [6.07, 6.45) is 1.65. The Labute approximate surface area is 106 Å². The van der Waals surface area contributed by atoms with E-state index < -0.39 is 0 Å². The third kappa shape index (κ3) is 2.68. The fourth-order valence-corrected chi connectivity index (χ4v) is 1.75. The summed E-state index contributed by atoms with van der Waals surface area (Å²) < 4.78 is 5.32. The molecule has 0 saturated heterocycles. The highest BCUT2D eigenvalue weighted by atomic mass is 16.5. The molecule has 18 heavy (non-hydrogen) atoms. The summed E-state index contributed by atoms with van der Waals surface area (Å²) in [6, 6.07) is 9.73. The van der Waals surface area contributed by atoms with E-state index in [2.05, 4.69) is 9.97 Å². The van der Waals surface area contributed by atoms with Crippen LogP contribution >= 0.6 is 0 Å². The Bertz CT molecular complexity index is 530. The van der Waals surface area contributed by atoms with Crippen molar-refractivity contribution in [3.63, 3.8) is 0 Å². The van der Waals surface area contributed by atoms with Gasteiger partial charge in [-0.2, -0.15) is 4.98 Å². The summed E-state index contributed by atoms with van der Waals surface area (Å²) >= 11 is 0. The molecule has 0 aliphatic rings. The van der Waals surface area contributed by atoms with Gasteiger partial charge in [-0.15, -0.1) is 0 Å². The van der Waals surface area contributed by atoms with Crippen molar-refractivity contribution in [2.45, 2.75) is 6.54 Å². The predicted molar refractivity (Wildman–Crippen MR) is 71.5 cm³/mol.